The van der Waals surface area contributed by atoms with Crippen LogP contribution in [0.4, 0.5) is 18.9 Å². The minimum absolute atomic E-state index is 0.0482. The molecule has 1 aliphatic carbocycles. The van der Waals surface area contributed by atoms with Crippen molar-refractivity contribution in [3.05, 3.63) is 77.0 Å². The molecule has 0 radical (unpaired) electrons. The molecular weight excluding hydrogens is 431 g/mol. The average molecular weight is 457 g/mol. The standard InChI is InChI=1S/C26H26F3NO3/c1-16-22(15-23(33-16)17-7-11-20(12-8-17)26(27,28)29)24(18-5-3-2-4-6-18)30-21-13-9-19(10-14-21)25(31)32/h7-15,18,24,30H,2-6H2,1H3,(H,31,32). The molecule has 0 saturated heterocycles. The van der Waals surface area contributed by atoms with Gasteiger partial charge in [0.05, 0.1) is 17.2 Å². The number of hydrogen-bond donors (Lipinski definition) is 2. The van der Waals surface area contributed by atoms with Crippen LogP contribution in [0.5, 0.6) is 0 Å². The zero-order valence-electron chi connectivity index (χ0n) is 18.3. The van der Waals surface area contributed by atoms with Gasteiger partial charge in [0.15, 0.2) is 0 Å². The summed E-state index contributed by atoms with van der Waals surface area (Å²) in [6, 6.07) is 13.5. The van der Waals surface area contributed by atoms with Crippen LogP contribution >= 0.6 is 0 Å². The number of benzene rings is 2. The Labute approximate surface area is 190 Å². The molecule has 3 aromatic rings. The zero-order valence-corrected chi connectivity index (χ0v) is 18.3. The maximum absolute atomic E-state index is 12.9. The molecule has 0 spiro atoms. The van der Waals surface area contributed by atoms with E-state index in [1.54, 1.807) is 24.3 Å². The molecule has 2 N–H and O–H groups in total. The quantitative estimate of drug-likeness (QED) is 0.398. The highest BCUT2D eigenvalue weighted by molar-refractivity contribution is 5.88. The molecule has 1 aliphatic rings. The predicted molar refractivity (Wildman–Crippen MR) is 120 cm³/mol. The number of carbonyl (C=O) groups is 1. The minimum atomic E-state index is -4.38. The van der Waals surface area contributed by atoms with E-state index in [1.165, 1.54) is 18.6 Å². The van der Waals surface area contributed by atoms with Gasteiger partial charge in [0, 0.05) is 16.8 Å². The number of aromatic carboxylic acids is 1. The van der Waals surface area contributed by atoms with Gasteiger partial charge < -0.3 is 14.8 Å². The normalized spacial score (nSPS) is 15.9. The number of halogens is 3. The van der Waals surface area contributed by atoms with Crippen molar-refractivity contribution in [1.82, 2.24) is 0 Å². The molecular formula is C26H26F3NO3. The number of alkyl halides is 3. The van der Waals surface area contributed by atoms with Crippen molar-refractivity contribution >= 4 is 11.7 Å². The third-order valence-electron chi connectivity index (χ3n) is 6.36. The molecule has 1 unspecified atom stereocenters. The lowest BCUT2D eigenvalue weighted by Crippen LogP contribution is -2.23. The van der Waals surface area contributed by atoms with Crippen LogP contribution in [0, 0.1) is 12.8 Å². The Morgan fingerprint density at radius 2 is 1.67 bits per heavy atom. The molecule has 4 rings (SSSR count). The molecule has 4 nitrogen and oxygen atoms in total. The number of furan rings is 1. The topological polar surface area (TPSA) is 62.5 Å². The highest BCUT2D eigenvalue weighted by Gasteiger charge is 2.31. The van der Waals surface area contributed by atoms with E-state index in [1.807, 2.05) is 13.0 Å². The molecule has 1 saturated carbocycles. The van der Waals surface area contributed by atoms with Crippen LogP contribution in [-0.4, -0.2) is 11.1 Å². The van der Waals surface area contributed by atoms with Crippen LogP contribution in [0.1, 0.15) is 65.4 Å². The first kappa shape index (κ1) is 23.0. The Bertz CT molecular complexity index is 1100. The van der Waals surface area contributed by atoms with Crippen LogP contribution in [0.2, 0.25) is 0 Å². The van der Waals surface area contributed by atoms with E-state index in [9.17, 15) is 18.0 Å². The highest BCUT2D eigenvalue weighted by Crippen LogP contribution is 2.40. The van der Waals surface area contributed by atoms with Crippen molar-refractivity contribution in [2.75, 3.05) is 5.32 Å². The lowest BCUT2D eigenvalue weighted by Gasteiger charge is -2.31. The third kappa shape index (κ3) is 5.24. The van der Waals surface area contributed by atoms with Gasteiger partial charge in [-0.1, -0.05) is 31.4 Å². The lowest BCUT2D eigenvalue weighted by atomic mass is 9.81. The van der Waals surface area contributed by atoms with Crippen molar-refractivity contribution in [1.29, 1.82) is 0 Å². The van der Waals surface area contributed by atoms with Crippen molar-refractivity contribution in [2.24, 2.45) is 5.92 Å². The molecule has 33 heavy (non-hydrogen) atoms. The van der Waals surface area contributed by atoms with Gasteiger partial charge in [-0.05, 0) is 68.1 Å². The molecule has 1 aromatic heterocycles. The summed E-state index contributed by atoms with van der Waals surface area (Å²) in [7, 11) is 0. The SMILES string of the molecule is Cc1oc(-c2ccc(C(F)(F)F)cc2)cc1C(Nc1ccc(C(=O)O)cc1)C1CCCCC1. The van der Waals surface area contributed by atoms with E-state index >= 15 is 0 Å². The Kier molecular flexibility index (Phi) is 6.49. The molecule has 0 amide bonds. The summed E-state index contributed by atoms with van der Waals surface area (Å²) in [5, 5.41) is 12.7. The molecule has 2 aromatic carbocycles. The maximum Gasteiger partial charge on any atom is 0.416 e. The van der Waals surface area contributed by atoms with E-state index in [2.05, 4.69) is 5.32 Å². The van der Waals surface area contributed by atoms with Crippen molar-refractivity contribution in [3.8, 4) is 11.3 Å². The molecule has 1 heterocycles. The molecule has 1 atom stereocenters. The first-order valence-corrected chi connectivity index (χ1v) is 11.1. The van der Waals surface area contributed by atoms with E-state index in [0.29, 0.717) is 17.2 Å². The first-order valence-electron chi connectivity index (χ1n) is 11.1. The van der Waals surface area contributed by atoms with Gasteiger partial charge in [0.1, 0.15) is 11.5 Å². The summed E-state index contributed by atoms with van der Waals surface area (Å²) in [6.07, 6.45) is 1.23. The van der Waals surface area contributed by atoms with E-state index in [0.717, 1.165) is 54.8 Å². The number of carboxylic acids is 1. The van der Waals surface area contributed by atoms with E-state index in [-0.39, 0.29) is 11.6 Å². The Balaban J connectivity index is 1.64. The summed E-state index contributed by atoms with van der Waals surface area (Å²) in [6.45, 7) is 1.87. The van der Waals surface area contributed by atoms with Crippen molar-refractivity contribution < 1.29 is 27.5 Å². The molecule has 0 aliphatic heterocycles. The number of anilines is 1. The monoisotopic (exact) mass is 457 g/mol. The summed E-state index contributed by atoms with van der Waals surface area (Å²) in [5.74, 6) is 0.641. The lowest BCUT2D eigenvalue weighted by molar-refractivity contribution is -0.137. The Morgan fingerprint density at radius 3 is 2.24 bits per heavy atom. The molecule has 7 heteroatoms. The van der Waals surface area contributed by atoms with Crippen LogP contribution < -0.4 is 5.32 Å². The summed E-state index contributed by atoms with van der Waals surface area (Å²) in [4.78, 5) is 11.2. The third-order valence-corrected chi connectivity index (χ3v) is 6.36. The average Bonchev–Trinajstić information content (AvgIpc) is 3.19. The molecule has 1 fully saturated rings. The van der Waals surface area contributed by atoms with E-state index < -0.39 is 17.7 Å². The number of aryl methyl sites for hydroxylation is 1. The van der Waals surface area contributed by atoms with Crippen molar-refractivity contribution in [2.45, 2.75) is 51.2 Å². The second-order valence-electron chi connectivity index (χ2n) is 8.60. The van der Waals surface area contributed by atoms with Crippen molar-refractivity contribution in [3.63, 3.8) is 0 Å². The van der Waals surface area contributed by atoms with Crippen LogP contribution in [0.25, 0.3) is 11.3 Å². The second-order valence-corrected chi connectivity index (χ2v) is 8.60. The fourth-order valence-electron chi connectivity index (χ4n) is 4.58. The zero-order chi connectivity index (χ0) is 23.6. The smallest absolute Gasteiger partial charge is 0.416 e. The van der Waals surface area contributed by atoms with Crippen LogP contribution in [-0.2, 0) is 6.18 Å². The Morgan fingerprint density at radius 1 is 1.03 bits per heavy atom. The predicted octanol–water partition coefficient (Wildman–Crippen LogP) is 7.71. The first-order chi connectivity index (χ1) is 15.7. The molecule has 174 valence electrons. The van der Waals surface area contributed by atoms with E-state index in [4.69, 9.17) is 9.52 Å². The largest absolute Gasteiger partial charge is 0.478 e. The van der Waals surface area contributed by atoms with Gasteiger partial charge in [0.25, 0.3) is 0 Å². The molecule has 0 bridgehead atoms. The number of carboxylic acid groups (broad SMARTS) is 1. The van der Waals surface area contributed by atoms with Gasteiger partial charge in [-0.2, -0.15) is 13.2 Å². The number of rotatable bonds is 6. The maximum atomic E-state index is 12.9. The van der Waals surface area contributed by atoms with Gasteiger partial charge in [-0.15, -0.1) is 0 Å². The fraction of sp³-hybridized carbons (Fsp3) is 0.346. The van der Waals surface area contributed by atoms with Crippen LogP contribution in [0.3, 0.4) is 0 Å². The number of hydrogen-bond acceptors (Lipinski definition) is 3. The van der Waals surface area contributed by atoms with Gasteiger partial charge in [0.2, 0.25) is 0 Å². The summed E-state index contributed by atoms with van der Waals surface area (Å²) < 4.78 is 44.7. The van der Waals surface area contributed by atoms with Gasteiger partial charge in [-0.3, -0.25) is 0 Å². The minimum Gasteiger partial charge on any atom is -0.478 e. The Hall–Kier alpha value is -3.22. The van der Waals surface area contributed by atoms with Gasteiger partial charge in [-0.25, -0.2) is 4.79 Å². The number of nitrogens with one attached hydrogen (secondary N) is 1. The summed E-state index contributed by atoms with van der Waals surface area (Å²) in [5.41, 5.74) is 1.90. The fourth-order valence-corrected chi connectivity index (χ4v) is 4.58. The van der Waals surface area contributed by atoms with Gasteiger partial charge >= 0.3 is 12.1 Å². The second kappa shape index (κ2) is 9.33. The summed E-state index contributed by atoms with van der Waals surface area (Å²) >= 11 is 0. The highest BCUT2D eigenvalue weighted by atomic mass is 19.4. The van der Waals surface area contributed by atoms with Crippen LogP contribution in [0.15, 0.2) is 59.0 Å².